The monoisotopic (exact) mass is 408 g/mol. The molecule has 1 aromatic rings. The Morgan fingerprint density at radius 2 is 1.69 bits per heavy atom. The quantitative estimate of drug-likeness (QED) is 0.404. The molecule has 0 aliphatic carbocycles. The second-order valence-corrected chi connectivity index (χ2v) is 7.36. The van der Waals surface area contributed by atoms with Crippen LogP contribution in [-0.2, 0) is 25.5 Å². The van der Waals surface area contributed by atoms with Crippen LogP contribution in [0.2, 0.25) is 0 Å². The van der Waals surface area contributed by atoms with Crippen molar-refractivity contribution in [2.24, 2.45) is 0 Å². The number of carbonyl (C=O) groups excluding carboxylic acids is 2. The number of methoxy groups -OCH3 is 2. The molecule has 7 heteroatoms. The molecule has 0 unspecified atom stereocenters. The van der Waals surface area contributed by atoms with Crippen molar-refractivity contribution in [3.05, 3.63) is 47.5 Å². The largest absolute Gasteiger partial charge is 0.472 e. The number of hydrogen-bond acceptors (Lipinski definition) is 7. The highest BCUT2D eigenvalue weighted by Gasteiger charge is 2.25. The molecule has 0 spiro atoms. The second-order valence-electron chi connectivity index (χ2n) is 7.36. The molecular weight excluding hydrogens is 376 g/mol. The first-order valence-electron chi connectivity index (χ1n) is 9.65. The molecule has 0 bridgehead atoms. The number of aliphatic hydroxyl groups excluding tert-OH is 1. The summed E-state index contributed by atoms with van der Waals surface area (Å²) in [5, 5.41) is 19.8. The lowest BCUT2D eigenvalue weighted by Gasteiger charge is -2.24. The molecule has 7 nitrogen and oxygen atoms in total. The number of hydrogen-bond donors (Lipinski definition) is 2. The van der Waals surface area contributed by atoms with Crippen LogP contribution in [0.25, 0.3) is 0 Å². The molecule has 0 saturated carbocycles. The highest BCUT2D eigenvalue weighted by Crippen LogP contribution is 2.19. The summed E-state index contributed by atoms with van der Waals surface area (Å²) in [4.78, 5) is 24.0. The van der Waals surface area contributed by atoms with Crippen molar-refractivity contribution in [3.8, 4) is 0 Å². The molecule has 0 aliphatic heterocycles. The average molecular weight is 408 g/mol. The van der Waals surface area contributed by atoms with Gasteiger partial charge in [0, 0.05) is 11.1 Å². The third-order valence-electron chi connectivity index (χ3n) is 4.61. The Morgan fingerprint density at radius 3 is 2.21 bits per heavy atom. The zero-order valence-electron chi connectivity index (χ0n) is 17.6. The number of ether oxygens (including phenoxy) is 2. The van der Waals surface area contributed by atoms with Gasteiger partial charge in [0.05, 0.1) is 38.5 Å². The molecule has 1 aromatic heterocycles. The van der Waals surface area contributed by atoms with Gasteiger partial charge in [0.25, 0.3) is 0 Å². The fourth-order valence-corrected chi connectivity index (χ4v) is 2.73. The number of rotatable bonds is 12. The highest BCUT2D eigenvalue weighted by atomic mass is 16.5. The first kappa shape index (κ1) is 24.7. The number of esters is 2. The molecule has 0 fully saturated rings. The molecule has 1 heterocycles. The van der Waals surface area contributed by atoms with Gasteiger partial charge in [-0.1, -0.05) is 12.2 Å². The number of allylic oxidation sites excluding steroid dienone is 2. The van der Waals surface area contributed by atoms with Gasteiger partial charge in [-0.15, -0.1) is 0 Å². The van der Waals surface area contributed by atoms with Gasteiger partial charge in [-0.05, 0) is 64.0 Å². The summed E-state index contributed by atoms with van der Waals surface area (Å²) in [6, 6.07) is 1.87. The van der Waals surface area contributed by atoms with Crippen LogP contribution in [0.15, 0.2) is 46.3 Å². The lowest BCUT2D eigenvalue weighted by atomic mass is 9.95. The van der Waals surface area contributed by atoms with Crippen LogP contribution in [-0.4, -0.2) is 48.1 Å². The molecule has 0 radical (unpaired) electrons. The van der Waals surface area contributed by atoms with Crippen LogP contribution < -0.4 is 0 Å². The summed E-state index contributed by atoms with van der Waals surface area (Å²) >= 11 is 0. The van der Waals surface area contributed by atoms with Gasteiger partial charge in [-0.2, -0.15) is 0 Å². The van der Waals surface area contributed by atoms with Crippen molar-refractivity contribution in [1.29, 1.82) is 0 Å². The third kappa shape index (κ3) is 9.11. The van der Waals surface area contributed by atoms with E-state index in [0.717, 1.165) is 12.0 Å². The predicted molar refractivity (Wildman–Crippen MR) is 108 cm³/mol. The number of carbonyl (C=O) groups is 2. The van der Waals surface area contributed by atoms with E-state index in [1.165, 1.54) is 28.1 Å². The van der Waals surface area contributed by atoms with E-state index in [1.54, 1.807) is 18.6 Å². The highest BCUT2D eigenvalue weighted by molar-refractivity contribution is 5.89. The van der Waals surface area contributed by atoms with E-state index < -0.39 is 23.6 Å². The Morgan fingerprint density at radius 1 is 1.10 bits per heavy atom. The number of aliphatic hydroxyl groups is 2. The molecular formula is C22H32O7. The van der Waals surface area contributed by atoms with Crippen LogP contribution >= 0.6 is 0 Å². The molecule has 162 valence electrons. The molecule has 2 N–H and O–H groups in total. The van der Waals surface area contributed by atoms with Gasteiger partial charge in [0.1, 0.15) is 0 Å². The first-order chi connectivity index (χ1) is 13.7. The van der Waals surface area contributed by atoms with Crippen LogP contribution in [0.5, 0.6) is 0 Å². The van der Waals surface area contributed by atoms with Crippen LogP contribution in [0.1, 0.15) is 51.5 Å². The SMILES string of the molecule is COC(=O)/C(=C\CCc1ccoc1)CC/C=C(\CC[C@@H](O)C(C)(C)O)C(=O)OC. The number of furan rings is 1. The molecule has 0 aliphatic rings. The molecule has 0 aromatic carbocycles. The van der Waals surface area contributed by atoms with Crippen molar-refractivity contribution in [2.75, 3.05) is 14.2 Å². The maximum Gasteiger partial charge on any atom is 0.333 e. The maximum atomic E-state index is 12.0. The van der Waals surface area contributed by atoms with Crippen molar-refractivity contribution < 1.29 is 33.7 Å². The first-order valence-corrected chi connectivity index (χ1v) is 9.65. The maximum absolute atomic E-state index is 12.0. The summed E-state index contributed by atoms with van der Waals surface area (Å²) in [6.07, 6.45) is 8.58. The van der Waals surface area contributed by atoms with E-state index in [-0.39, 0.29) is 12.8 Å². The second kappa shape index (κ2) is 12.2. The van der Waals surface area contributed by atoms with E-state index in [9.17, 15) is 19.8 Å². The van der Waals surface area contributed by atoms with Crippen molar-refractivity contribution in [3.63, 3.8) is 0 Å². The zero-order chi connectivity index (χ0) is 21.9. The molecule has 0 amide bonds. The Labute approximate surface area is 172 Å². The van der Waals surface area contributed by atoms with E-state index in [4.69, 9.17) is 13.9 Å². The lowest BCUT2D eigenvalue weighted by Crippen LogP contribution is -2.35. The Balaban J connectivity index is 2.72. The van der Waals surface area contributed by atoms with Crippen molar-refractivity contribution in [2.45, 2.75) is 64.1 Å². The Kier molecular flexibility index (Phi) is 10.4. The molecule has 1 atom stereocenters. The summed E-state index contributed by atoms with van der Waals surface area (Å²) < 4.78 is 14.7. The van der Waals surface area contributed by atoms with Gasteiger partial charge in [-0.25, -0.2) is 9.59 Å². The minimum Gasteiger partial charge on any atom is -0.472 e. The Hall–Kier alpha value is -2.38. The summed E-state index contributed by atoms with van der Waals surface area (Å²) in [7, 11) is 2.62. The standard InChI is InChI=1S/C22H32O7/c1-22(2,26)19(23)12-11-18(21(25)28-4)10-6-9-17(20(24)27-3)8-5-7-16-13-14-29-15-16/h8,10,13-15,19,23,26H,5-7,9,11-12H2,1-4H3/b17-8-,18-10+/t19-/m1/s1. The minimum absolute atomic E-state index is 0.217. The van der Waals surface area contributed by atoms with Crippen molar-refractivity contribution in [1.82, 2.24) is 0 Å². The predicted octanol–water partition coefficient (Wildman–Crippen LogP) is 3.10. The van der Waals surface area contributed by atoms with E-state index in [0.29, 0.717) is 30.4 Å². The van der Waals surface area contributed by atoms with Crippen LogP contribution in [0.3, 0.4) is 0 Å². The topological polar surface area (TPSA) is 106 Å². The van der Waals surface area contributed by atoms with Gasteiger partial charge < -0.3 is 24.1 Å². The summed E-state index contributed by atoms with van der Waals surface area (Å²) in [6.45, 7) is 3.02. The molecule has 0 saturated heterocycles. The van der Waals surface area contributed by atoms with E-state index >= 15 is 0 Å². The van der Waals surface area contributed by atoms with Crippen LogP contribution in [0, 0.1) is 0 Å². The summed E-state index contributed by atoms with van der Waals surface area (Å²) in [5.41, 5.74) is 0.729. The number of aryl methyl sites for hydroxylation is 1. The zero-order valence-corrected chi connectivity index (χ0v) is 17.6. The van der Waals surface area contributed by atoms with Gasteiger partial charge >= 0.3 is 11.9 Å². The summed E-state index contributed by atoms with van der Waals surface area (Å²) in [5.74, 6) is -0.890. The van der Waals surface area contributed by atoms with E-state index in [1.807, 2.05) is 12.1 Å². The normalized spacial score (nSPS) is 13.9. The molecule has 29 heavy (non-hydrogen) atoms. The fraction of sp³-hybridized carbons (Fsp3) is 0.545. The molecule has 1 rings (SSSR count). The van der Waals surface area contributed by atoms with Gasteiger partial charge in [0.2, 0.25) is 0 Å². The van der Waals surface area contributed by atoms with E-state index in [2.05, 4.69) is 0 Å². The minimum atomic E-state index is -1.25. The van der Waals surface area contributed by atoms with Gasteiger partial charge in [-0.3, -0.25) is 0 Å². The average Bonchev–Trinajstić information content (AvgIpc) is 3.20. The third-order valence-corrected chi connectivity index (χ3v) is 4.61. The van der Waals surface area contributed by atoms with Gasteiger partial charge in [0.15, 0.2) is 0 Å². The van der Waals surface area contributed by atoms with Crippen LogP contribution in [0.4, 0.5) is 0 Å². The fourth-order valence-electron chi connectivity index (χ4n) is 2.73. The van der Waals surface area contributed by atoms with Crippen molar-refractivity contribution >= 4 is 11.9 Å². The smallest absolute Gasteiger partial charge is 0.333 e. The Bertz CT molecular complexity index is 693. The lowest BCUT2D eigenvalue weighted by molar-refractivity contribution is -0.137.